The van der Waals surface area contributed by atoms with Crippen LogP contribution in [0.2, 0.25) is 0 Å². The third-order valence-electron chi connectivity index (χ3n) is 3.20. The number of ether oxygens (including phenoxy) is 3. The third kappa shape index (κ3) is 4.22. The Bertz CT molecular complexity index is 699. The highest BCUT2D eigenvalue weighted by atomic mass is 16.5. The van der Waals surface area contributed by atoms with Crippen LogP contribution in [0.3, 0.4) is 0 Å². The lowest BCUT2D eigenvalue weighted by Gasteiger charge is -2.11. The largest absolute Gasteiger partial charge is 0.496 e. The van der Waals surface area contributed by atoms with Crippen molar-refractivity contribution in [3.05, 3.63) is 17.7 Å². The van der Waals surface area contributed by atoms with Crippen LogP contribution in [0, 0.1) is 0 Å². The van der Waals surface area contributed by atoms with E-state index in [2.05, 4.69) is 21.1 Å². The molecular weight excluding hydrogens is 316 g/mol. The van der Waals surface area contributed by atoms with Gasteiger partial charge < -0.3 is 14.2 Å². The minimum Gasteiger partial charge on any atom is -0.496 e. The van der Waals surface area contributed by atoms with Gasteiger partial charge >= 0.3 is 0 Å². The maximum atomic E-state index is 11.8. The molecule has 0 atom stereocenters. The Morgan fingerprint density at radius 1 is 1.25 bits per heavy atom. The molecule has 0 spiro atoms. The Kier molecular flexibility index (Phi) is 5.72. The standard InChI is InChI=1S/C15H18N4O5/c1-22-11-7-13(24-3)12(23-2)4-9(11)8-16-18-14(20)5-10-6-15(21)19-17-10/h4,7-8H,5-6H2,1-3H3,(H,18,20)(H,19,21)/b16-8-. The predicted octanol–water partition coefficient (Wildman–Crippen LogP) is 0.428. The summed E-state index contributed by atoms with van der Waals surface area (Å²) in [5.41, 5.74) is 5.73. The van der Waals surface area contributed by atoms with Gasteiger partial charge in [-0.25, -0.2) is 10.9 Å². The average Bonchev–Trinajstić information content (AvgIpc) is 2.98. The molecule has 128 valence electrons. The van der Waals surface area contributed by atoms with E-state index in [4.69, 9.17) is 14.2 Å². The fourth-order valence-corrected chi connectivity index (χ4v) is 2.06. The van der Waals surface area contributed by atoms with Crippen molar-refractivity contribution in [2.45, 2.75) is 12.8 Å². The molecule has 0 aromatic heterocycles. The first-order valence-corrected chi connectivity index (χ1v) is 7.03. The first-order chi connectivity index (χ1) is 11.6. The van der Waals surface area contributed by atoms with E-state index >= 15 is 0 Å². The quantitative estimate of drug-likeness (QED) is 0.555. The number of amides is 2. The van der Waals surface area contributed by atoms with Gasteiger partial charge in [0.15, 0.2) is 11.5 Å². The van der Waals surface area contributed by atoms with E-state index in [0.29, 0.717) is 28.5 Å². The normalized spacial score (nSPS) is 13.5. The van der Waals surface area contributed by atoms with Gasteiger partial charge in [0.1, 0.15) is 5.75 Å². The molecule has 2 rings (SSSR count). The summed E-state index contributed by atoms with van der Waals surface area (Å²) in [7, 11) is 4.56. The van der Waals surface area contributed by atoms with E-state index in [1.54, 1.807) is 12.1 Å². The summed E-state index contributed by atoms with van der Waals surface area (Å²) in [6.07, 6.45) is 1.55. The minimum atomic E-state index is -0.374. The first-order valence-electron chi connectivity index (χ1n) is 7.03. The van der Waals surface area contributed by atoms with E-state index < -0.39 is 0 Å². The summed E-state index contributed by atoms with van der Waals surface area (Å²) in [6.45, 7) is 0. The molecule has 9 heteroatoms. The van der Waals surface area contributed by atoms with Crippen LogP contribution in [0.5, 0.6) is 17.2 Å². The van der Waals surface area contributed by atoms with Crippen molar-refractivity contribution in [3.63, 3.8) is 0 Å². The van der Waals surface area contributed by atoms with Crippen LogP contribution in [0.25, 0.3) is 0 Å². The molecule has 1 aliphatic heterocycles. The van der Waals surface area contributed by atoms with Gasteiger partial charge in [-0.2, -0.15) is 10.2 Å². The lowest BCUT2D eigenvalue weighted by atomic mass is 10.2. The summed E-state index contributed by atoms with van der Waals surface area (Å²) >= 11 is 0. The van der Waals surface area contributed by atoms with E-state index in [-0.39, 0.29) is 24.7 Å². The van der Waals surface area contributed by atoms with E-state index in [9.17, 15) is 9.59 Å². The number of nitrogens with one attached hydrogen (secondary N) is 2. The van der Waals surface area contributed by atoms with Crippen LogP contribution in [-0.4, -0.2) is 45.1 Å². The minimum absolute atomic E-state index is 0.000845. The maximum Gasteiger partial charge on any atom is 0.245 e. The fraction of sp³-hybridized carbons (Fsp3) is 0.333. The van der Waals surface area contributed by atoms with Crippen molar-refractivity contribution in [2.24, 2.45) is 10.2 Å². The molecule has 9 nitrogen and oxygen atoms in total. The van der Waals surface area contributed by atoms with Crippen LogP contribution >= 0.6 is 0 Å². The highest BCUT2D eigenvalue weighted by molar-refractivity contribution is 6.11. The smallest absolute Gasteiger partial charge is 0.245 e. The Hall–Kier alpha value is -3.10. The molecule has 0 radical (unpaired) electrons. The molecule has 1 aromatic carbocycles. The van der Waals surface area contributed by atoms with Crippen LogP contribution in [0.15, 0.2) is 22.3 Å². The van der Waals surface area contributed by atoms with Gasteiger partial charge in [0, 0.05) is 11.6 Å². The van der Waals surface area contributed by atoms with E-state index in [1.165, 1.54) is 27.5 Å². The van der Waals surface area contributed by atoms with Crippen molar-refractivity contribution >= 4 is 23.7 Å². The zero-order valence-corrected chi connectivity index (χ0v) is 13.6. The highest BCUT2D eigenvalue weighted by Gasteiger charge is 2.17. The Morgan fingerprint density at radius 3 is 2.50 bits per heavy atom. The number of nitrogens with zero attached hydrogens (tertiary/aromatic N) is 2. The number of carbonyl (C=O) groups excluding carboxylic acids is 2. The molecule has 0 fully saturated rings. The van der Waals surface area contributed by atoms with Crippen molar-refractivity contribution in [1.29, 1.82) is 0 Å². The van der Waals surface area contributed by atoms with Crippen LogP contribution in [-0.2, 0) is 9.59 Å². The van der Waals surface area contributed by atoms with Crippen molar-refractivity contribution in [1.82, 2.24) is 10.9 Å². The van der Waals surface area contributed by atoms with Crippen molar-refractivity contribution in [2.75, 3.05) is 21.3 Å². The second-order valence-electron chi connectivity index (χ2n) is 4.81. The van der Waals surface area contributed by atoms with E-state index in [1.807, 2.05) is 0 Å². The number of hydrogen-bond donors (Lipinski definition) is 2. The number of benzene rings is 1. The molecule has 2 N–H and O–H groups in total. The number of carbonyl (C=O) groups is 2. The van der Waals surface area contributed by atoms with Crippen LogP contribution < -0.4 is 25.1 Å². The average molecular weight is 334 g/mol. The van der Waals surface area contributed by atoms with Crippen molar-refractivity contribution in [3.8, 4) is 17.2 Å². The molecule has 1 aliphatic rings. The molecule has 0 aliphatic carbocycles. The number of methoxy groups -OCH3 is 3. The van der Waals surface area contributed by atoms with Gasteiger partial charge in [0.2, 0.25) is 11.8 Å². The lowest BCUT2D eigenvalue weighted by Crippen LogP contribution is -2.20. The second kappa shape index (κ2) is 7.95. The van der Waals surface area contributed by atoms with Gasteiger partial charge in [-0.3, -0.25) is 9.59 Å². The van der Waals surface area contributed by atoms with Gasteiger partial charge in [-0.05, 0) is 6.07 Å². The van der Waals surface area contributed by atoms with Gasteiger partial charge in [-0.1, -0.05) is 0 Å². The Balaban J connectivity index is 2.02. The maximum absolute atomic E-state index is 11.8. The summed E-state index contributed by atoms with van der Waals surface area (Å²) in [5, 5.41) is 7.63. The first kappa shape index (κ1) is 17.3. The summed E-state index contributed by atoms with van der Waals surface area (Å²) in [6, 6.07) is 3.34. The molecule has 1 aromatic rings. The molecule has 0 unspecified atom stereocenters. The molecule has 0 bridgehead atoms. The molecule has 2 amide bonds. The highest BCUT2D eigenvalue weighted by Crippen LogP contribution is 2.33. The third-order valence-corrected chi connectivity index (χ3v) is 3.20. The summed E-state index contributed by atoms with van der Waals surface area (Å²) in [5.74, 6) is 0.945. The zero-order valence-electron chi connectivity index (χ0n) is 13.6. The summed E-state index contributed by atoms with van der Waals surface area (Å²) in [4.78, 5) is 22.7. The van der Waals surface area contributed by atoms with Crippen molar-refractivity contribution < 1.29 is 23.8 Å². The lowest BCUT2D eigenvalue weighted by molar-refractivity contribution is -0.119. The summed E-state index contributed by atoms with van der Waals surface area (Å²) < 4.78 is 15.7. The molecule has 24 heavy (non-hydrogen) atoms. The molecule has 1 heterocycles. The molecule has 0 saturated carbocycles. The van der Waals surface area contributed by atoms with Crippen LogP contribution in [0.4, 0.5) is 0 Å². The Morgan fingerprint density at radius 2 is 1.92 bits per heavy atom. The fourth-order valence-electron chi connectivity index (χ4n) is 2.06. The molecule has 0 saturated heterocycles. The zero-order chi connectivity index (χ0) is 17.5. The topological polar surface area (TPSA) is 111 Å². The number of hydrazone groups is 2. The Labute approximate surface area is 138 Å². The number of hydrogen-bond acceptors (Lipinski definition) is 7. The van der Waals surface area contributed by atoms with Crippen LogP contribution in [0.1, 0.15) is 18.4 Å². The second-order valence-corrected chi connectivity index (χ2v) is 4.81. The van der Waals surface area contributed by atoms with Gasteiger partial charge in [0.05, 0.1) is 46.1 Å². The predicted molar refractivity (Wildman–Crippen MR) is 86.6 cm³/mol. The number of rotatable bonds is 7. The monoisotopic (exact) mass is 334 g/mol. The van der Waals surface area contributed by atoms with Gasteiger partial charge in [0.25, 0.3) is 0 Å². The SMILES string of the molecule is COc1cc(OC)c(OC)cc1/C=N\NC(=O)CC1=NNC(=O)C1. The molecular formula is C15H18N4O5. The van der Waals surface area contributed by atoms with Gasteiger partial charge in [-0.15, -0.1) is 0 Å². The van der Waals surface area contributed by atoms with E-state index in [0.717, 1.165) is 0 Å².